The molecule has 0 aromatic carbocycles. The number of rotatable bonds is 6. The van der Waals surface area contributed by atoms with Crippen LogP contribution in [0.5, 0.6) is 0 Å². The molecule has 0 spiro atoms. The zero-order valence-corrected chi connectivity index (χ0v) is 13.8. The van der Waals surface area contributed by atoms with E-state index in [2.05, 4.69) is 10.2 Å². The first-order valence-electron chi connectivity index (χ1n) is 8.40. The Kier molecular flexibility index (Phi) is 6.64. The summed E-state index contributed by atoms with van der Waals surface area (Å²) in [6.45, 7) is 3.76. The van der Waals surface area contributed by atoms with Crippen molar-refractivity contribution in [2.45, 2.75) is 38.2 Å². The first-order valence-corrected chi connectivity index (χ1v) is 8.40. The van der Waals surface area contributed by atoms with Crippen LogP contribution in [-0.2, 0) is 14.3 Å². The standard InChI is InChI=1S/C16H29N3O3/c1-18(2)9-4-8-17-15(20)13-6-10-19(11-7-13)16(21)14-5-3-12-22-14/h13-14H,3-12H2,1-2H3,(H,17,20). The molecule has 0 radical (unpaired) electrons. The Hall–Kier alpha value is -1.14. The number of carbonyl (C=O) groups is 2. The van der Waals surface area contributed by atoms with E-state index < -0.39 is 0 Å². The van der Waals surface area contributed by atoms with E-state index in [4.69, 9.17) is 4.74 Å². The summed E-state index contributed by atoms with van der Waals surface area (Å²) in [5.41, 5.74) is 0. The van der Waals surface area contributed by atoms with Crippen LogP contribution in [0.25, 0.3) is 0 Å². The Labute approximate surface area is 133 Å². The van der Waals surface area contributed by atoms with Gasteiger partial charge in [0.25, 0.3) is 5.91 Å². The molecule has 2 heterocycles. The van der Waals surface area contributed by atoms with Crippen LogP contribution in [0.15, 0.2) is 0 Å². The molecule has 2 aliphatic heterocycles. The molecule has 1 N–H and O–H groups in total. The van der Waals surface area contributed by atoms with Crippen molar-refractivity contribution in [1.29, 1.82) is 0 Å². The number of piperidine rings is 1. The second kappa shape index (κ2) is 8.48. The molecule has 0 bridgehead atoms. The molecule has 2 saturated heterocycles. The van der Waals surface area contributed by atoms with Crippen LogP contribution in [0.1, 0.15) is 32.1 Å². The summed E-state index contributed by atoms with van der Waals surface area (Å²) in [5.74, 6) is 0.304. The predicted octanol–water partition coefficient (Wildman–Crippen LogP) is 0.472. The fraction of sp³-hybridized carbons (Fsp3) is 0.875. The molecule has 0 aromatic rings. The summed E-state index contributed by atoms with van der Waals surface area (Å²) in [7, 11) is 4.06. The monoisotopic (exact) mass is 311 g/mol. The number of carbonyl (C=O) groups excluding carboxylic acids is 2. The van der Waals surface area contributed by atoms with Gasteiger partial charge in [0, 0.05) is 32.2 Å². The molecule has 0 saturated carbocycles. The van der Waals surface area contributed by atoms with Gasteiger partial charge in [0.05, 0.1) is 0 Å². The summed E-state index contributed by atoms with van der Waals surface area (Å²) in [5, 5.41) is 3.01. The topological polar surface area (TPSA) is 61.9 Å². The van der Waals surface area contributed by atoms with E-state index in [9.17, 15) is 9.59 Å². The van der Waals surface area contributed by atoms with E-state index in [1.54, 1.807) is 0 Å². The highest BCUT2D eigenvalue weighted by molar-refractivity contribution is 5.82. The minimum absolute atomic E-state index is 0.0490. The number of nitrogens with zero attached hydrogens (tertiary/aromatic N) is 2. The lowest BCUT2D eigenvalue weighted by atomic mass is 9.95. The fourth-order valence-electron chi connectivity index (χ4n) is 3.09. The van der Waals surface area contributed by atoms with Crippen LogP contribution in [0.4, 0.5) is 0 Å². The van der Waals surface area contributed by atoms with Gasteiger partial charge in [-0.3, -0.25) is 9.59 Å². The quantitative estimate of drug-likeness (QED) is 0.725. The van der Waals surface area contributed by atoms with Crippen LogP contribution in [0.3, 0.4) is 0 Å². The predicted molar refractivity (Wildman–Crippen MR) is 84.5 cm³/mol. The summed E-state index contributed by atoms with van der Waals surface area (Å²) < 4.78 is 5.45. The summed E-state index contributed by atoms with van der Waals surface area (Å²) in [6.07, 6.45) is 4.06. The van der Waals surface area contributed by atoms with E-state index in [1.807, 2.05) is 19.0 Å². The first-order chi connectivity index (χ1) is 10.6. The highest BCUT2D eigenvalue weighted by Gasteiger charge is 2.32. The van der Waals surface area contributed by atoms with E-state index in [0.717, 1.165) is 45.2 Å². The fourth-order valence-corrected chi connectivity index (χ4v) is 3.09. The second-order valence-electron chi connectivity index (χ2n) is 6.55. The Balaban J connectivity index is 1.65. The van der Waals surface area contributed by atoms with Gasteiger partial charge in [0.2, 0.25) is 5.91 Å². The van der Waals surface area contributed by atoms with Gasteiger partial charge < -0.3 is 19.9 Å². The Morgan fingerprint density at radius 3 is 2.55 bits per heavy atom. The lowest BCUT2D eigenvalue weighted by Gasteiger charge is -2.32. The van der Waals surface area contributed by atoms with E-state index >= 15 is 0 Å². The highest BCUT2D eigenvalue weighted by atomic mass is 16.5. The number of likely N-dealkylation sites (tertiary alicyclic amines) is 1. The van der Waals surface area contributed by atoms with Crippen molar-refractivity contribution in [3.05, 3.63) is 0 Å². The molecule has 126 valence electrons. The lowest BCUT2D eigenvalue weighted by Crippen LogP contribution is -2.46. The van der Waals surface area contributed by atoms with Crippen molar-refractivity contribution in [1.82, 2.24) is 15.1 Å². The molecule has 2 rings (SSSR count). The van der Waals surface area contributed by atoms with Gasteiger partial charge in [-0.2, -0.15) is 0 Å². The molecule has 6 heteroatoms. The van der Waals surface area contributed by atoms with Crippen LogP contribution < -0.4 is 5.32 Å². The van der Waals surface area contributed by atoms with Gasteiger partial charge >= 0.3 is 0 Å². The molecular formula is C16H29N3O3. The van der Waals surface area contributed by atoms with E-state index in [-0.39, 0.29) is 23.8 Å². The number of nitrogens with one attached hydrogen (secondary N) is 1. The third kappa shape index (κ3) is 4.95. The molecule has 6 nitrogen and oxygen atoms in total. The maximum absolute atomic E-state index is 12.2. The van der Waals surface area contributed by atoms with Gasteiger partial charge in [-0.25, -0.2) is 0 Å². The number of hydrogen-bond acceptors (Lipinski definition) is 4. The van der Waals surface area contributed by atoms with Crippen molar-refractivity contribution < 1.29 is 14.3 Å². The third-order valence-corrected chi connectivity index (χ3v) is 4.46. The Bertz CT molecular complexity index is 373. The molecule has 0 aromatic heterocycles. The molecule has 0 aliphatic carbocycles. The zero-order chi connectivity index (χ0) is 15.9. The number of amides is 2. The largest absolute Gasteiger partial charge is 0.368 e. The Morgan fingerprint density at radius 1 is 1.23 bits per heavy atom. The smallest absolute Gasteiger partial charge is 0.251 e. The highest BCUT2D eigenvalue weighted by Crippen LogP contribution is 2.21. The lowest BCUT2D eigenvalue weighted by molar-refractivity contribution is -0.143. The summed E-state index contributed by atoms with van der Waals surface area (Å²) >= 11 is 0. The van der Waals surface area contributed by atoms with Crippen LogP contribution in [0.2, 0.25) is 0 Å². The van der Waals surface area contributed by atoms with Gasteiger partial charge in [-0.15, -0.1) is 0 Å². The molecule has 1 atom stereocenters. The van der Waals surface area contributed by atoms with Crippen LogP contribution >= 0.6 is 0 Å². The summed E-state index contributed by atoms with van der Waals surface area (Å²) in [4.78, 5) is 28.3. The second-order valence-corrected chi connectivity index (χ2v) is 6.55. The maximum Gasteiger partial charge on any atom is 0.251 e. The van der Waals surface area contributed by atoms with Crippen LogP contribution in [-0.4, -0.2) is 74.6 Å². The molecular weight excluding hydrogens is 282 g/mol. The van der Waals surface area contributed by atoms with Crippen molar-refractivity contribution in [3.8, 4) is 0 Å². The molecule has 1 unspecified atom stereocenters. The minimum atomic E-state index is -0.239. The number of hydrogen-bond donors (Lipinski definition) is 1. The molecule has 2 fully saturated rings. The van der Waals surface area contributed by atoms with Crippen molar-refractivity contribution in [2.24, 2.45) is 5.92 Å². The van der Waals surface area contributed by atoms with Crippen molar-refractivity contribution >= 4 is 11.8 Å². The van der Waals surface area contributed by atoms with Gasteiger partial charge in [0.15, 0.2) is 0 Å². The molecule has 2 aliphatic rings. The average molecular weight is 311 g/mol. The van der Waals surface area contributed by atoms with Crippen LogP contribution in [0, 0.1) is 5.92 Å². The van der Waals surface area contributed by atoms with Crippen molar-refractivity contribution in [2.75, 3.05) is 46.9 Å². The molecule has 22 heavy (non-hydrogen) atoms. The van der Waals surface area contributed by atoms with Gasteiger partial charge in [-0.05, 0) is 52.7 Å². The normalized spacial score (nSPS) is 23.0. The van der Waals surface area contributed by atoms with E-state index in [1.165, 1.54) is 0 Å². The SMILES string of the molecule is CN(C)CCCNC(=O)C1CCN(C(=O)C2CCCO2)CC1. The summed E-state index contributed by atoms with van der Waals surface area (Å²) in [6, 6.07) is 0. The number of ether oxygens (including phenoxy) is 1. The van der Waals surface area contributed by atoms with Gasteiger partial charge in [-0.1, -0.05) is 0 Å². The third-order valence-electron chi connectivity index (χ3n) is 4.46. The van der Waals surface area contributed by atoms with E-state index in [0.29, 0.717) is 19.7 Å². The minimum Gasteiger partial charge on any atom is -0.368 e. The first kappa shape index (κ1) is 17.2. The molecule has 2 amide bonds. The van der Waals surface area contributed by atoms with Gasteiger partial charge in [0.1, 0.15) is 6.10 Å². The zero-order valence-electron chi connectivity index (χ0n) is 13.8. The van der Waals surface area contributed by atoms with Crippen molar-refractivity contribution in [3.63, 3.8) is 0 Å². The average Bonchev–Trinajstić information content (AvgIpc) is 3.05. The Morgan fingerprint density at radius 2 is 1.95 bits per heavy atom. The maximum atomic E-state index is 12.2.